The molecule has 0 atom stereocenters. The van der Waals surface area contributed by atoms with E-state index in [1.165, 1.54) is 4.57 Å². The Kier molecular flexibility index (Phi) is 4.32. The maximum atomic E-state index is 13.1. The SMILES string of the molecule is O=C(Cn1c(=O)c2cc(C3CC3)nn2c2ncccc21)NCc1ccccc1Cl. The van der Waals surface area contributed by atoms with Gasteiger partial charge < -0.3 is 5.32 Å². The van der Waals surface area contributed by atoms with Crippen LogP contribution in [0.25, 0.3) is 16.7 Å². The van der Waals surface area contributed by atoms with Crippen molar-refractivity contribution in [3.05, 3.63) is 75.3 Å². The van der Waals surface area contributed by atoms with Crippen LogP contribution in [-0.4, -0.2) is 25.1 Å². The van der Waals surface area contributed by atoms with Crippen LogP contribution in [0.3, 0.4) is 0 Å². The fourth-order valence-electron chi connectivity index (χ4n) is 3.49. The summed E-state index contributed by atoms with van der Waals surface area (Å²) in [6.07, 6.45) is 3.84. The number of halogens is 1. The number of carbonyl (C=O) groups is 1. The predicted octanol–water partition coefficient (Wildman–Crippen LogP) is 2.89. The minimum absolute atomic E-state index is 0.105. The molecule has 7 nitrogen and oxygen atoms in total. The number of amides is 1. The van der Waals surface area contributed by atoms with E-state index < -0.39 is 0 Å². The first-order valence-corrected chi connectivity index (χ1v) is 9.87. The Bertz CT molecular complexity index is 1310. The van der Waals surface area contributed by atoms with Crippen molar-refractivity contribution >= 4 is 34.2 Å². The molecule has 8 heteroatoms. The maximum Gasteiger partial charge on any atom is 0.277 e. The van der Waals surface area contributed by atoms with E-state index in [-0.39, 0.29) is 18.0 Å². The van der Waals surface area contributed by atoms with Gasteiger partial charge in [0.2, 0.25) is 5.91 Å². The van der Waals surface area contributed by atoms with Crippen LogP contribution >= 0.6 is 11.6 Å². The van der Waals surface area contributed by atoms with Gasteiger partial charge in [-0.05, 0) is 42.7 Å². The summed E-state index contributed by atoms with van der Waals surface area (Å²) in [5, 5.41) is 8.02. The van der Waals surface area contributed by atoms with Crippen LogP contribution < -0.4 is 10.9 Å². The van der Waals surface area contributed by atoms with E-state index >= 15 is 0 Å². The van der Waals surface area contributed by atoms with Gasteiger partial charge in [-0.25, -0.2) is 9.50 Å². The van der Waals surface area contributed by atoms with Gasteiger partial charge in [0.25, 0.3) is 5.56 Å². The van der Waals surface area contributed by atoms with Crippen molar-refractivity contribution in [2.45, 2.75) is 31.8 Å². The average Bonchev–Trinajstić information content (AvgIpc) is 3.49. The number of rotatable bonds is 5. The molecule has 1 N–H and O–H groups in total. The second-order valence-corrected chi connectivity index (χ2v) is 7.65. The minimum atomic E-state index is -0.275. The molecule has 1 aliphatic rings. The lowest BCUT2D eigenvalue weighted by molar-refractivity contribution is -0.121. The first-order valence-electron chi connectivity index (χ1n) is 9.49. The van der Waals surface area contributed by atoms with E-state index in [4.69, 9.17) is 11.6 Å². The molecule has 1 aromatic carbocycles. The van der Waals surface area contributed by atoms with Crippen molar-refractivity contribution in [2.75, 3.05) is 0 Å². The van der Waals surface area contributed by atoms with Crippen molar-refractivity contribution in [1.82, 2.24) is 24.5 Å². The van der Waals surface area contributed by atoms with Gasteiger partial charge >= 0.3 is 0 Å². The van der Waals surface area contributed by atoms with Crippen molar-refractivity contribution in [1.29, 1.82) is 0 Å². The van der Waals surface area contributed by atoms with Crippen LogP contribution in [0.2, 0.25) is 5.02 Å². The van der Waals surface area contributed by atoms with Crippen LogP contribution in [-0.2, 0) is 17.9 Å². The van der Waals surface area contributed by atoms with E-state index in [1.807, 2.05) is 24.3 Å². The number of hydrogen-bond donors (Lipinski definition) is 1. The third kappa shape index (κ3) is 3.27. The maximum absolute atomic E-state index is 13.1. The number of carbonyl (C=O) groups excluding carboxylic acids is 1. The third-order valence-electron chi connectivity index (χ3n) is 5.18. The van der Waals surface area contributed by atoms with Crippen LogP contribution in [0.4, 0.5) is 0 Å². The summed E-state index contributed by atoms with van der Waals surface area (Å²) in [5.41, 5.74) is 3.06. The molecule has 1 fully saturated rings. The van der Waals surface area contributed by atoms with Gasteiger partial charge in [-0.15, -0.1) is 0 Å². The standard InChI is InChI=1S/C21H18ClN5O2/c22-15-5-2-1-4-14(15)11-24-19(28)12-26-17-6-3-9-23-20(17)27-18(21(26)29)10-16(25-27)13-7-8-13/h1-6,9-10,13H,7-8,11-12H2,(H,24,28). The Morgan fingerprint density at radius 2 is 2.00 bits per heavy atom. The molecule has 3 heterocycles. The van der Waals surface area contributed by atoms with Gasteiger partial charge in [0.15, 0.2) is 5.65 Å². The number of aromatic nitrogens is 4. The predicted molar refractivity (Wildman–Crippen MR) is 110 cm³/mol. The lowest BCUT2D eigenvalue weighted by Gasteiger charge is -2.12. The van der Waals surface area contributed by atoms with Gasteiger partial charge in [-0.2, -0.15) is 5.10 Å². The number of benzene rings is 1. The van der Waals surface area contributed by atoms with Crippen LogP contribution in [0.1, 0.15) is 30.0 Å². The van der Waals surface area contributed by atoms with Crippen molar-refractivity contribution in [3.8, 4) is 0 Å². The zero-order chi connectivity index (χ0) is 20.0. The molecule has 0 unspecified atom stereocenters. The number of pyridine rings is 1. The Balaban J connectivity index is 1.50. The second-order valence-electron chi connectivity index (χ2n) is 7.25. The second kappa shape index (κ2) is 7.00. The molecular formula is C21H18ClN5O2. The quantitative estimate of drug-likeness (QED) is 0.551. The summed E-state index contributed by atoms with van der Waals surface area (Å²) in [6.45, 7) is 0.191. The molecule has 0 spiro atoms. The van der Waals surface area contributed by atoms with Crippen LogP contribution in [0, 0.1) is 0 Å². The molecule has 1 aliphatic carbocycles. The number of nitrogens with one attached hydrogen (secondary N) is 1. The molecule has 0 radical (unpaired) electrons. The molecular weight excluding hydrogens is 390 g/mol. The summed E-state index contributed by atoms with van der Waals surface area (Å²) in [4.78, 5) is 30.1. The monoisotopic (exact) mass is 407 g/mol. The van der Waals surface area contributed by atoms with Gasteiger partial charge in [0.05, 0.1) is 11.2 Å². The van der Waals surface area contributed by atoms with Crippen LogP contribution in [0.15, 0.2) is 53.5 Å². The van der Waals surface area contributed by atoms with Gasteiger partial charge in [0.1, 0.15) is 12.1 Å². The molecule has 0 saturated heterocycles. The fourth-order valence-corrected chi connectivity index (χ4v) is 3.70. The largest absolute Gasteiger partial charge is 0.350 e. The Hall–Kier alpha value is -3.19. The minimum Gasteiger partial charge on any atom is -0.350 e. The first-order chi connectivity index (χ1) is 14.1. The Morgan fingerprint density at radius 1 is 1.17 bits per heavy atom. The topological polar surface area (TPSA) is 81.3 Å². The third-order valence-corrected chi connectivity index (χ3v) is 5.55. The van der Waals surface area contributed by atoms with Crippen LogP contribution in [0.5, 0.6) is 0 Å². The molecule has 5 rings (SSSR count). The number of nitrogens with zero attached hydrogens (tertiary/aromatic N) is 4. The van der Waals surface area contributed by atoms with E-state index in [0.29, 0.717) is 34.2 Å². The van der Waals surface area contributed by atoms with E-state index in [0.717, 1.165) is 24.1 Å². The lowest BCUT2D eigenvalue weighted by Crippen LogP contribution is -2.33. The van der Waals surface area contributed by atoms with Gasteiger partial charge in [-0.1, -0.05) is 29.8 Å². The highest BCUT2D eigenvalue weighted by Crippen LogP contribution is 2.39. The highest BCUT2D eigenvalue weighted by molar-refractivity contribution is 6.31. The molecule has 0 bridgehead atoms. The van der Waals surface area contributed by atoms with E-state index in [2.05, 4.69) is 15.4 Å². The molecule has 1 saturated carbocycles. The lowest BCUT2D eigenvalue weighted by atomic mass is 10.2. The highest BCUT2D eigenvalue weighted by Gasteiger charge is 2.27. The summed E-state index contributed by atoms with van der Waals surface area (Å²) >= 11 is 6.15. The molecule has 146 valence electrons. The highest BCUT2D eigenvalue weighted by atomic mass is 35.5. The average molecular weight is 408 g/mol. The smallest absolute Gasteiger partial charge is 0.277 e. The molecule has 0 aliphatic heterocycles. The van der Waals surface area contributed by atoms with Gasteiger partial charge in [0, 0.05) is 23.7 Å². The summed E-state index contributed by atoms with van der Waals surface area (Å²) in [6, 6.07) is 12.7. The molecule has 29 heavy (non-hydrogen) atoms. The first kappa shape index (κ1) is 17.9. The summed E-state index contributed by atoms with van der Waals surface area (Å²) in [5.74, 6) is 0.142. The van der Waals surface area contributed by atoms with Crippen molar-refractivity contribution < 1.29 is 4.79 Å². The number of fused-ring (bicyclic) bond motifs is 3. The fraction of sp³-hybridized carbons (Fsp3) is 0.238. The zero-order valence-corrected chi connectivity index (χ0v) is 16.3. The normalized spacial score (nSPS) is 13.8. The molecule has 3 aromatic heterocycles. The molecule has 4 aromatic rings. The van der Waals surface area contributed by atoms with Crippen molar-refractivity contribution in [3.63, 3.8) is 0 Å². The van der Waals surface area contributed by atoms with E-state index in [1.54, 1.807) is 28.9 Å². The van der Waals surface area contributed by atoms with Gasteiger partial charge in [-0.3, -0.25) is 14.2 Å². The number of hydrogen-bond acceptors (Lipinski definition) is 4. The Labute approximate surface area is 170 Å². The summed E-state index contributed by atoms with van der Waals surface area (Å²) in [7, 11) is 0. The Morgan fingerprint density at radius 3 is 2.79 bits per heavy atom. The van der Waals surface area contributed by atoms with E-state index in [9.17, 15) is 9.59 Å². The zero-order valence-electron chi connectivity index (χ0n) is 15.5. The molecule has 1 amide bonds. The van der Waals surface area contributed by atoms with Crippen molar-refractivity contribution in [2.24, 2.45) is 0 Å². The summed E-state index contributed by atoms with van der Waals surface area (Å²) < 4.78 is 3.06.